The number of aromatic nitrogens is 3. The monoisotopic (exact) mass is 299 g/mol. The predicted molar refractivity (Wildman–Crippen MR) is 83.1 cm³/mol. The largest absolute Gasteiger partial charge is 0.493 e. The minimum absolute atomic E-state index is 0.342. The van der Waals surface area contributed by atoms with Crippen molar-refractivity contribution in [2.45, 2.75) is 38.6 Å². The molecule has 2 aliphatic heterocycles. The second kappa shape index (κ2) is 5.72. The van der Waals surface area contributed by atoms with Gasteiger partial charge in [0.1, 0.15) is 5.75 Å². The molecule has 5 nitrogen and oxygen atoms in total. The van der Waals surface area contributed by atoms with Crippen LogP contribution in [-0.2, 0) is 17.7 Å². The average molecular weight is 299 g/mol. The molecule has 0 amide bonds. The van der Waals surface area contributed by atoms with E-state index in [9.17, 15) is 0 Å². The van der Waals surface area contributed by atoms with Crippen LogP contribution in [0.2, 0.25) is 0 Å². The maximum Gasteiger partial charge on any atom is 0.158 e. The minimum atomic E-state index is 0.342. The lowest BCUT2D eigenvalue weighted by atomic mass is 10.1. The summed E-state index contributed by atoms with van der Waals surface area (Å²) in [7, 11) is 0. The van der Waals surface area contributed by atoms with Crippen LogP contribution >= 0.6 is 0 Å². The molecule has 1 aromatic heterocycles. The third kappa shape index (κ3) is 2.39. The summed E-state index contributed by atoms with van der Waals surface area (Å²) in [5, 5.41) is 4.75. The van der Waals surface area contributed by atoms with E-state index in [0.29, 0.717) is 5.92 Å². The Hall–Kier alpha value is -1.88. The van der Waals surface area contributed by atoms with E-state index in [4.69, 9.17) is 19.6 Å². The first kappa shape index (κ1) is 13.8. The van der Waals surface area contributed by atoms with Crippen molar-refractivity contribution in [2.75, 3.05) is 19.8 Å². The standard InChI is InChI=1S/C17H21N3O2/c1-2-7-20-17(18-16(19-20)14-5-8-21-11-14)13-3-4-15-12(10-13)6-9-22-15/h3-4,10,14H,2,5-9,11H2,1H3. The lowest BCUT2D eigenvalue weighted by molar-refractivity contribution is 0.193. The van der Waals surface area contributed by atoms with E-state index in [-0.39, 0.29) is 0 Å². The molecule has 0 aliphatic carbocycles. The average Bonchev–Trinajstić information content (AvgIpc) is 3.27. The number of aryl methyl sites for hydroxylation is 1. The van der Waals surface area contributed by atoms with Gasteiger partial charge in [0.2, 0.25) is 0 Å². The molecule has 0 bridgehead atoms. The molecule has 116 valence electrons. The van der Waals surface area contributed by atoms with Gasteiger partial charge < -0.3 is 9.47 Å². The van der Waals surface area contributed by atoms with Gasteiger partial charge in [-0.3, -0.25) is 0 Å². The van der Waals surface area contributed by atoms with Crippen molar-refractivity contribution in [2.24, 2.45) is 0 Å². The predicted octanol–water partition coefficient (Wildman–Crippen LogP) is 2.79. The topological polar surface area (TPSA) is 49.2 Å². The summed E-state index contributed by atoms with van der Waals surface area (Å²) >= 11 is 0. The van der Waals surface area contributed by atoms with Crippen molar-refractivity contribution in [1.29, 1.82) is 0 Å². The second-order valence-corrected chi connectivity index (χ2v) is 6.00. The van der Waals surface area contributed by atoms with Crippen molar-refractivity contribution >= 4 is 0 Å². The lowest BCUT2D eigenvalue weighted by Gasteiger charge is -2.05. The van der Waals surface area contributed by atoms with Crippen LogP contribution in [0, 0.1) is 0 Å². The number of benzene rings is 1. The molecule has 1 aromatic carbocycles. The van der Waals surface area contributed by atoms with Gasteiger partial charge >= 0.3 is 0 Å². The van der Waals surface area contributed by atoms with Crippen LogP contribution in [-0.4, -0.2) is 34.6 Å². The Balaban J connectivity index is 1.72. The van der Waals surface area contributed by atoms with Crippen LogP contribution in [0.4, 0.5) is 0 Å². The van der Waals surface area contributed by atoms with Gasteiger partial charge in [-0.25, -0.2) is 9.67 Å². The van der Waals surface area contributed by atoms with Gasteiger partial charge in [0, 0.05) is 31.1 Å². The van der Waals surface area contributed by atoms with Crippen LogP contribution in [0.3, 0.4) is 0 Å². The number of ether oxygens (including phenoxy) is 2. The Morgan fingerprint density at radius 1 is 1.32 bits per heavy atom. The minimum Gasteiger partial charge on any atom is -0.493 e. The van der Waals surface area contributed by atoms with Gasteiger partial charge in [-0.15, -0.1) is 0 Å². The fourth-order valence-corrected chi connectivity index (χ4v) is 3.18. The highest BCUT2D eigenvalue weighted by Gasteiger charge is 2.24. The molecule has 4 rings (SSSR count). The maximum atomic E-state index is 5.59. The molecule has 1 unspecified atom stereocenters. The summed E-state index contributed by atoms with van der Waals surface area (Å²) in [4.78, 5) is 4.84. The summed E-state index contributed by atoms with van der Waals surface area (Å²) in [5.41, 5.74) is 2.41. The number of rotatable bonds is 4. The van der Waals surface area contributed by atoms with Gasteiger partial charge in [-0.05, 0) is 36.6 Å². The fourth-order valence-electron chi connectivity index (χ4n) is 3.18. The van der Waals surface area contributed by atoms with Gasteiger partial charge in [-0.1, -0.05) is 6.92 Å². The zero-order chi connectivity index (χ0) is 14.9. The van der Waals surface area contributed by atoms with Crippen LogP contribution in [0.25, 0.3) is 11.4 Å². The van der Waals surface area contributed by atoms with Crippen molar-refractivity contribution in [1.82, 2.24) is 14.8 Å². The molecule has 0 saturated carbocycles. The quantitative estimate of drug-likeness (QED) is 0.871. The first-order valence-corrected chi connectivity index (χ1v) is 8.13. The molecule has 5 heteroatoms. The molecular formula is C17H21N3O2. The maximum absolute atomic E-state index is 5.59. The lowest BCUT2D eigenvalue weighted by Crippen LogP contribution is -2.04. The van der Waals surface area contributed by atoms with Gasteiger partial charge in [0.25, 0.3) is 0 Å². The molecule has 0 radical (unpaired) electrons. The smallest absolute Gasteiger partial charge is 0.158 e. The normalized spacial score (nSPS) is 20.1. The van der Waals surface area contributed by atoms with E-state index >= 15 is 0 Å². The van der Waals surface area contributed by atoms with Gasteiger partial charge in [0.05, 0.1) is 13.2 Å². The molecule has 22 heavy (non-hydrogen) atoms. The molecule has 2 aromatic rings. The van der Waals surface area contributed by atoms with E-state index in [2.05, 4.69) is 25.1 Å². The van der Waals surface area contributed by atoms with E-state index < -0.39 is 0 Å². The number of nitrogens with zero attached hydrogens (tertiary/aromatic N) is 3. The van der Waals surface area contributed by atoms with Crippen molar-refractivity contribution in [3.05, 3.63) is 29.6 Å². The Kier molecular flexibility index (Phi) is 3.58. The third-order valence-corrected chi connectivity index (χ3v) is 4.37. The van der Waals surface area contributed by atoms with Crippen molar-refractivity contribution < 1.29 is 9.47 Å². The zero-order valence-corrected chi connectivity index (χ0v) is 12.9. The van der Waals surface area contributed by atoms with Crippen LogP contribution < -0.4 is 4.74 Å². The summed E-state index contributed by atoms with van der Waals surface area (Å²) in [6.07, 6.45) is 3.05. The van der Waals surface area contributed by atoms with E-state index in [1.807, 2.05) is 4.68 Å². The third-order valence-electron chi connectivity index (χ3n) is 4.37. The van der Waals surface area contributed by atoms with Crippen molar-refractivity contribution in [3.63, 3.8) is 0 Å². The molecule has 0 spiro atoms. The molecule has 0 N–H and O–H groups in total. The first-order valence-electron chi connectivity index (χ1n) is 8.13. The SMILES string of the molecule is CCCn1nc(C2CCOC2)nc1-c1ccc2c(c1)CCO2. The van der Waals surface area contributed by atoms with Crippen LogP contribution in [0.5, 0.6) is 5.75 Å². The summed E-state index contributed by atoms with van der Waals surface area (Å²) < 4.78 is 13.1. The fraction of sp³-hybridized carbons (Fsp3) is 0.529. The van der Waals surface area contributed by atoms with Gasteiger partial charge in [0.15, 0.2) is 11.6 Å². The van der Waals surface area contributed by atoms with Crippen LogP contribution in [0.15, 0.2) is 18.2 Å². The highest BCUT2D eigenvalue weighted by molar-refractivity contribution is 5.60. The first-order chi connectivity index (χ1) is 10.8. The zero-order valence-electron chi connectivity index (χ0n) is 12.9. The number of fused-ring (bicyclic) bond motifs is 1. The Labute approximate surface area is 130 Å². The summed E-state index contributed by atoms with van der Waals surface area (Å²) in [6, 6.07) is 6.35. The highest BCUT2D eigenvalue weighted by Crippen LogP contribution is 2.31. The van der Waals surface area contributed by atoms with E-state index in [0.717, 1.165) is 68.6 Å². The summed E-state index contributed by atoms with van der Waals surface area (Å²) in [5.74, 6) is 3.25. The number of hydrogen-bond donors (Lipinski definition) is 0. The Morgan fingerprint density at radius 2 is 2.27 bits per heavy atom. The molecule has 3 heterocycles. The highest BCUT2D eigenvalue weighted by atomic mass is 16.5. The molecule has 1 atom stereocenters. The Morgan fingerprint density at radius 3 is 3.09 bits per heavy atom. The molecule has 2 aliphatic rings. The van der Waals surface area contributed by atoms with Crippen molar-refractivity contribution in [3.8, 4) is 17.1 Å². The molecular weight excluding hydrogens is 278 g/mol. The Bertz CT molecular complexity index is 675. The van der Waals surface area contributed by atoms with E-state index in [1.165, 1.54) is 5.56 Å². The van der Waals surface area contributed by atoms with E-state index in [1.54, 1.807) is 0 Å². The van der Waals surface area contributed by atoms with Crippen LogP contribution in [0.1, 0.15) is 37.1 Å². The second-order valence-electron chi connectivity index (χ2n) is 6.00. The molecule has 1 fully saturated rings. The van der Waals surface area contributed by atoms with Gasteiger partial charge in [-0.2, -0.15) is 5.10 Å². The molecule has 1 saturated heterocycles. The summed E-state index contributed by atoms with van der Waals surface area (Å²) in [6.45, 7) is 5.40. The number of hydrogen-bond acceptors (Lipinski definition) is 4.